The number of benzene rings is 1. The summed E-state index contributed by atoms with van der Waals surface area (Å²) in [5.41, 5.74) is 6.92. The van der Waals surface area contributed by atoms with E-state index in [0.29, 0.717) is 5.92 Å². The van der Waals surface area contributed by atoms with Gasteiger partial charge in [0, 0.05) is 42.1 Å². The van der Waals surface area contributed by atoms with Gasteiger partial charge in [-0.1, -0.05) is 17.7 Å². The number of piperidine rings is 1. The number of pyridine rings is 1. The van der Waals surface area contributed by atoms with Crippen LogP contribution in [0.15, 0.2) is 42.7 Å². The first kappa shape index (κ1) is 14.9. The van der Waals surface area contributed by atoms with Gasteiger partial charge < -0.3 is 4.57 Å². The number of aromatic nitrogens is 2. The molecule has 2 aromatic heterocycles. The molecule has 2 bridgehead atoms. The molecule has 3 heteroatoms. The third kappa shape index (κ3) is 2.50. The van der Waals surface area contributed by atoms with Crippen molar-refractivity contribution in [1.29, 1.82) is 0 Å². The average Bonchev–Trinajstić information content (AvgIpc) is 2.78. The molecule has 1 saturated heterocycles. The summed E-state index contributed by atoms with van der Waals surface area (Å²) in [6.45, 7) is 5.76. The molecule has 3 aliphatic rings. The van der Waals surface area contributed by atoms with Gasteiger partial charge in [-0.15, -0.1) is 0 Å². The molecule has 1 fully saturated rings. The maximum Gasteiger partial charge on any atom is 0.0529 e. The number of rotatable bonds is 2. The lowest BCUT2D eigenvalue weighted by Gasteiger charge is -2.27. The smallest absolute Gasteiger partial charge is 0.0529 e. The van der Waals surface area contributed by atoms with Crippen LogP contribution in [0, 0.1) is 6.92 Å². The second kappa shape index (κ2) is 5.85. The van der Waals surface area contributed by atoms with Crippen LogP contribution < -0.4 is 0 Å². The molecule has 0 radical (unpaired) electrons. The van der Waals surface area contributed by atoms with Gasteiger partial charge in [0.25, 0.3) is 0 Å². The molecule has 0 unspecified atom stereocenters. The zero-order chi connectivity index (χ0) is 16.8. The van der Waals surface area contributed by atoms with Crippen LogP contribution in [0.3, 0.4) is 0 Å². The van der Waals surface area contributed by atoms with Crippen LogP contribution in [-0.4, -0.2) is 27.5 Å². The van der Waals surface area contributed by atoms with Gasteiger partial charge in [0.15, 0.2) is 0 Å². The molecular weight excluding hydrogens is 306 g/mol. The highest BCUT2D eigenvalue weighted by Crippen LogP contribution is 2.41. The molecule has 0 N–H and O–H groups in total. The van der Waals surface area contributed by atoms with Crippen LogP contribution in [0.25, 0.3) is 23.2 Å². The first-order chi connectivity index (χ1) is 12.3. The minimum Gasteiger partial charge on any atom is -0.320 e. The van der Waals surface area contributed by atoms with Gasteiger partial charge >= 0.3 is 0 Å². The van der Waals surface area contributed by atoms with Crippen LogP contribution in [-0.2, 0) is 6.54 Å². The van der Waals surface area contributed by atoms with E-state index in [1.54, 1.807) is 11.3 Å². The van der Waals surface area contributed by atoms with E-state index in [1.807, 2.05) is 18.5 Å². The molecule has 1 aromatic carbocycles. The first-order valence-corrected chi connectivity index (χ1v) is 9.23. The van der Waals surface area contributed by atoms with Gasteiger partial charge in [-0.2, -0.15) is 0 Å². The van der Waals surface area contributed by atoms with Crippen molar-refractivity contribution in [2.45, 2.75) is 32.2 Å². The van der Waals surface area contributed by atoms with Crippen LogP contribution in [0.1, 0.15) is 41.1 Å². The monoisotopic (exact) mass is 329 g/mol. The van der Waals surface area contributed by atoms with Gasteiger partial charge in [-0.25, -0.2) is 0 Å². The summed E-state index contributed by atoms with van der Waals surface area (Å²) in [4.78, 5) is 6.86. The minimum atomic E-state index is 0.681. The van der Waals surface area contributed by atoms with Crippen molar-refractivity contribution >= 4 is 23.2 Å². The van der Waals surface area contributed by atoms with Gasteiger partial charge in [0.1, 0.15) is 0 Å². The number of fused-ring (bicyclic) bond motifs is 3. The second-order valence-corrected chi connectivity index (χ2v) is 7.41. The second-order valence-electron chi connectivity index (χ2n) is 7.41. The summed E-state index contributed by atoms with van der Waals surface area (Å²) in [6, 6.07) is 11.0. The molecular formula is C22H23N3. The Bertz CT molecular complexity index is 944. The van der Waals surface area contributed by atoms with Gasteiger partial charge in [0.05, 0.1) is 5.52 Å². The minimum absolute atomic E-state index is 0.681. The Morgan fingerprint density at radius 3 is 2.84 bits per heavy atom. The van der Waals surface area contributed by atoms with Crippen LogP contribution in [0.5, 0.6) is 0 Å². The lowest BCUT2D eigenvalue weighted by molar-refractivity contribution is 0.220. The van der Waals surface area contributed by atoms with Crippen molar-refractivity contribution in [3.63, 3.8) is 0 Å². The molecule has 0 amide bonds. The summed E-state index contributed by atoms with van der Waals surface area (Å²) in [6.07, 6.45) is 10.7. The molecule has 3 aliphatic heterocycles. The Morgan fingerprint density at radius 1 is 1.16 bits per heavy atom. The molecule has 126 valence electrons. The van der Waals surface area contributed by atoms with E-state index in [9.17, 15) is 0 Å². The van der Waals surface area contributed by atoms with Crippen molar-refractivity contribution in [2.24, 2.45) is 0 Å². The van der Waals surface area contributed by atoms with Crippen molar-refractivity contribution < 1.29 is 0 Å². The highest BCUT2D eigenvalue weighted by Gasteiger charge is 2.32. The topological polar surface area (TPSA) is 21.1 Å². The van der Waals surface area contributed by atoms with E-state index in [1.165, 1.54) is 42.4 Å². The fraction of sp³-hybridized carbons (Fsp3) is 0.318. The average molecular weight is 329 g/mol. The lowest BCUT2D eigenvalue weighted by atomic mass is 9.94. The summed E-state index contributed by atoms with van der Waals surface area (Å²) in [5.74, 6) is 0.681. The highest BCUT2D eigenvalue weighted by molar-refractivity contribution is 5.89. The van der Waals surface area contributed by atoms with Gasteiger partial charge in [-0.3, -0.25) is 9.88 Å². The Labute approximate surface area is 148 Å². The maximum atomic E-state index is 4.23. The number of aryl methyl sites for hydroxylation is 1. The van der Waals surface area contributed by atoms with Crippen LogP contribution >= 0.6 is 0 Å². The molecule has 5 heterocycles. The number of hydrogen-bond donors (Lipinski definition) is 0. The summed E-state index contributed by atoms with van der Waals surface area (Å²) in [5, 5.41) is 1.43. The van der Waals surface area contributed by atoms with Crippen molar-refractivity contribution in [3.8, 4) is 0 Å². The Hall–Kier alpha value is -2.39. The predicted molar refractivity (Wildman–Crippen MR) is 103 cm³/mol. The number of hydrogen-bond acceptors (Lipinski definition) is 2. The van der Waals surface area contributed by atoms with E-state index in [-0.39, 0.29) is 0 Å². The molecule has 3 aromatic rings. The summed E-state index contributed by atoms with van der Waals surface area (Å²) >= 11 is 0. The normalized spacial score (nSPS) is 22.4. The molecule has 3 nitrogen and oxygen atoms in total. The van der Waals surface area contributed by atoms with E-state index >= 15 is 0 Å². The molecule has 0 aliphatic carbocycles. The van der Waals surface area contributed by atoms with Crippen molar-refractivity contribution in [1.82, 2.24) is 14.5 Å². The third-order valence-electron chi connectivity index (χ3n) is 5.76. The Morgan fingerprint density at radius 2 is 2.04 bits per heavy atom. The zero-order valence-electron chi connectivity index (χ0n) is 14.7. The number of nitrogens with zero attached hydrogens (tertiary/aromatic N) is 3. The summed E-state index contributed by atoms with van der Waals surface area (Å²) in [7, 11) is 0. The van der Waals surface area contributed by atoms with Crippen LogP contribution in [0.4, 0.5) is 0 Å². The largest absolute Gasteiger partial charge is 0.320 e. The standard InChI is InChI=1S/C22H23N3/c1-16-4-5-21-19(13-16)20-15-24-10-7-18(8-11-24)22(20)25(21)12-6-17-3-2-9-23-14-17/h2-6,9,12-14,18H,7-8,10-11,15H2,1H3/b12-6+. The van der Waals surface area contributed by atoms with E-state index in [4.69, 9.17) is 0 Å². The fourth-order valence-electron chi connectivity index (χ4n) is 4.51. The zero-order valence-corrected chi connectivity index (χ0v) is 14.7. The molecule has 6 rings (SSSR count). The highest BCUT2D eigenvalue weighted by atomic mass is 15.1. The van der Waals surface area contributed by atoms with Crippen LogP contribution in [0.2, 0.25) is 0 Å². The molecule has 0 saturated carbocycles. The SMILES string of the molecule is Cc1ccc2c(c1)c1c(n2/C=C/c2cccnc2)C2CCN(CC2)C1. The summed E-state index contributed by atoms with van der Waals surface area (Å²) < 4.78 is 2.45. The quantitative estimate of drug-likeness (QED) is 0.681. The van der Waals surface area contributed by atoms with E-state index in [2.05, 4.69) is 57.9 Å². The predicted octanol–water partition coefficient (Wildman–Crippen LogP) is 4.67. The molecule has 25 heavy (non-hydrogen) atoms. The first-order valence-electron chi connectivity index (χ1n) is 9.23. The van der Waals surface area contributed by atoms with E-state index < -0.39 is 0 Å². The molecule has 0 spiro atoms. The Kier molecular flexibility index (Phi) is 3.49. The van der Waals surface area contributed by atoms with Gasteiger partial charge in [-0.05, 0) is 68.3 Å². The lowest BCUT2D eigenvalue weighted by Crippen LogP contribution is -2.29. The molecule has 0 atom stereocenters. The third-order valence-corrected chi connectivity index (χ3v) is 5.76. The fourth-order valence-corrected chi connectivity index (χ4v) is 4.51. The maximum absolute atomic E-state index is 4.23. The van der Waals surface area contributed by atoms with E-state index in [0.717, 1.165) is 12.1 Å². The van der Waals surface area contributed by atoms with Crippen molar-refractivity contribution in [2.75, 3.05) is 13.1 Å². The Balaban J connectivity index is 1.72. The van der Waals surface area contributed by atoms with Gasteiger partial charge in [0.2, 0.25) is 0 Å². The van der Waals surface area contributed by atoms with Crippen molar-refractivity contribution in [3.05, 3.63) is 65.1 Å².